The molecule has 2 aromatic heterocycles. The highest BCUT2D eigenvalue weighted by Gasteiger charge is 2.12. The van der Waals surface area contributed by atoms with Crippen molar-refractivity contribution in [2.45, 2.75) is 11.9 Å². The van der Waals surface area contributed by atoms with Gasteiger partial charge in [0.15, 0.2) is 11.6 Å². The number of imidazole rings is 1. The molecule has 23 heavy (non-hydrogen) atoms. The molecule has 0 unspecified atom stereocenters. The van der Waals surface area contributed by atoms with Crippen LogP contribution < -0.4 is 5.32 Å². The average molecular weight is 381 g/mol. The molecule has 2 heterocycles. The van der Waals surface area contributed by atoms with Crippen molar-refractivity contribution < 1.29 is 13.6 Å². The van der Waals surface area contributed by atoms with Crippen molar-refractivity contribution >= 4 is 27.6 Å². The smallest absolute Gasteiger partial charge is 0.270 e. The molecule has 0 fully saturated rings. The molecule has 0 spiro atoms. The number of carbonyl (C=O) groups is 1. The van der Waals surface area contributed by atoms with Crippen LogP contribution in [0.5, 0.6) is 0 Å². The Bertz CT molecular complexity index is 881. The molecule has 1 aromatic carbocycles. The lowest BCUT2D eigenvalue weighted by molar-refractivity contribution is 0.0946. The number of nitrogens with zero attached hydrogens (tertiary/aromatic N) is 3. The van der Waals surface area contributed by atoms with Crippen molar-refractivity contribution in [1.29, 1.82) is 0 Å². The predicted octanol–water partition coefficient (Wildman–Crippen LogP) is 2.83. The normalized spacial score (nSPS) is 10.9. The van der Waals surface area contributed by atoms with Gasteiger partial charge in [-0.25, -0.2) is 18.7 Å². The van der Waals surface area contributed by atoms with E-state index in [1.54, 1.807) is 22.9 Å². The molecule has 1 N–H and O–H groups in total. The Hall–Kier alpha value is -2.35. The lowest BCUT2D eigenvalue weighted by Gasteiger charge is -2.08. The number of nitrogens with one attached hydrogen (secondary N) is 1. The molecule has 3 rings (SSSR count). The van der Waals surface area contributed by atoms with Gasteiger partial charge >= 0.3 is 0 Å². The van der Waals surface area contributed by atoms with Gasteiger partial charge in [-0.2, -0.15) is 0 Å². The van der Waals surface area contributed by atoms with Gasteiger partial charge in [-0.15, -0.1) is 0 Å². The molecule has 0 bridgehead atoms. The zero-order chi connectivity index (χ0) is 16.4. The molecule has 0 saturated carbocycles. The SMILES string of the molecule is O=C(NCc1ccc(F)c(F)c1)c1cc(CBr)n2ccnc2n1. The number of carbonyl (C=O) groups excluding carboxylic acids is 1. The molecule has 1 amide bonds. The number of alkyl halides is 1. The van der Waals surface area contributed by atoms with Gasteiger partial charge in [0.25, 0.3) is 5.91 Å². The highest BCUT2D eigenvalue weighted by atomic mass is 79.9. The zero-order valence-corrected chi connectivity index (χ0v) is 13.3. The number of amides is 1. The Morgan fingerprint density at radius 1 is 1.26 bits per heavy atom. The van der Waals surface area contributed by atoms with Gasteiger partial charge in [0.2, 0.25) is 5.78 Å². The van der Waals surface area contributed by atoms with Gasteiger partial charge in [0.1, 0.15) is 5.69 Å². The Kier molecular flexibility index (Phi) is 4.33. The third-order valence-corrected chi connectivity index (χ3v) is 3.84. The van der Waals surface area contributed by atoms with Gasteiger partial charge in [0.05, 0.1) is 0 Å². The number of benzene rings is 1. The van der Waals surface area contributed by atoms with Crippen LogP contribution in [0.2, 0.25) is 0 Å². The van der Waals surface area contributed by atoms with Gasteiger partial charge in [0, 0.05) is 30.0 Å². The van der Waals surface area contributed by atoms with Crippen molar-refractivity contribution in [3.63, 3.8) is 0 Å². The van der Waals surface area contributed by atoms with Crippen molar-refractivity contribution in [2.24, 2.45) is 0 Å². The molecule has 0 aliphatic carbocycles. The van der Waals surface area contributed by atoms with Crippen LogP contribution in [0.25, 0.3) is 5.78 Å². The summed E-state index contributed by atoms with van der Waals surface area (Å²) in [5, 5.41) is 3.16. The molecular weight excluding hydrogens is 370 g/mol. The first-order chi connectivity index (χ1) is 11.1. The van der Waals surface area contributed by atoms with E-state index < -0.39 is 17.5 Å². The minimum absolute atomic E-state index is 0.0704. The molecule has 8 heteroatoms. The van der Waals surface area contributed by atoms with E-state index >= 15 is 0 Å². The van der Waals surface area contributed by atoms with Crippen LogP contribution in [-0.4, -0.2) is 20.3 Å². The summed E-state index contributed by atoms with van der Waals surface area (Å²) in [6, 6.07) is 5.12. The molecule has 0 atom stereocenters. The summed E-state index contributed by atoms with van der Waals surface area (Å²) in [4.78, 5) is 20.5. The lowest BCUT2D eigenvalue weighted by atomic mass is 10.2. The first kappa shape index (κ1) is 15.5. The zero-order valence-electron chi connectivity index (χ0n) is 11.8. The molecule has 0 radical (unpaired) electrons. The number of halogens is 3. The van der Waals surface area contributed by atoms with Gasteiger partial charge in [-0.05, 0) is 23.8 Å². The molecular formula is C15H11BrF2N4O. The standard InChI is InChI=1S/C15H11BrF2N4O/c16-7-10-6-13(21-15-19-3-4-22(10)15)14(23)20-8-9-1-2-11(17)12(18)5-9/h1-6H,7-8H2,(H,20,23). The summed E-state index contributed by atoms with van der Waals surface area (Å²) in [6.07, 6.45) is 3.35. The molecule has 0 saturated heterocycles. The van der Waals surface area contributed by atoms with E-state index in [4.69, 9.17) is 0 Å². The van der Waals surface area contributed by atoms with Crippen LogP contribution >= 0.6 is 15.9 Å². The summed E-state index contributed by atoms with van der Waals surface area (Å²) < 4.78 is 27.8. The molecule has 5 nitrogen and oxygen atoms in total. The summed E-state index contributed by atoms with van der Waals surface area (Å²) >= 11 is 3.35. The maximum Gasteiger partial charge on any atom is 0.270 e. The summed E-state index contributed by atoms with van der Waals surface area (Å²) in [5.74, 6) is -1.87. The van der Waals surface area contributed by atoms with Crippen molar-refractivity contribution in [3.8, 4) is 0 Å². The van der Waals surface area contributed by atoms with Crippen LogP contribution in [0, 0.1) is 11.6 Å². The average Bonchev–Trinajstić information content (AvgIpc) is 3.03. The second-order valence-corrected chi connectivity index (χ2v) is 5.36. The van der Waals surface area contributed by atoms with Crippen molar-refractivity contribution in [3.05, 3.63) is 65.2 Å². The first-order valence-electron chi connectivity index (χ1n) is 6.69. The molecule has 3 aromatic rings. The van der Waals surface area contributed by atoms with Crippen LogP contribution in [0.15, 0.2) is 36.7 Å². The van der Waals surface area contributed by atoms with Crippen molar-refractivity contribution in [2.75, 3.05) is 0 Å². The Morgan fingerprint density at radius 2 is 2.09 bits per heavy atom. The van der Waals surface area contributed by atoms with E-state index in [0.29, 0.717) is 16.7 Å². The topological polar surface area (TPSA) is 59.3 Å². The minimum atomic E-state index is -0.949. The van der Waals surface area contributed by atoms with E-state index in [2.05, 4.69) is 31.2 Å². The fourth-order valence-electron chi connectivity index (χ4n) is 2.11. The number of rotatable bonds is 4. The highest BCUT2D eigenvalue weighted by molar-refractivity contribution is 9.08. The van der Waals surface area contributed by atoms with Crippen LogP contribution in [0.4, 0.5) is 8.78 Å². The molecule has 0 aliphatic heterocycles. The summed E-state index contributed by atoms with van der Waals surface area (Å²) in [5.41, 5.74) is 1.49. The Balaban J connectivity index is 1.79. The summed E-state index contributed by atoms with van der Waals surface area (Å²) in [7, 11) is 0. The van der Waals surface area contributed by atoms with E-state index in [1.165, 1.54) is 6.07 Å². The van der Waals surface area contributed by atoms with Crippen LogP contribution in [0.1, 0.15) is 21.7 Å². The third kappa shape index (κ3) is 3.21. The number of fused-ring (bicyclic) bond motifs is 1. The maximum atomic E-state index is 13.1. The second-order valence-electron chi connectivity index (χ2n) is 4.79. The third-order valence-electron chi connectivity index (χ3n) is 3.26. The number of hydrogen-bond acceptors (Lipinski definition) is 3. The minimum Gasteiger partial charge on any atom is -0.347 e. The largest absolute Gasteiger partial charge is 0.347 e. The van der Waals surface area contributed by atoms with E-state index in [-0.39, 0.29) is 12.2 Å². The maximum absolute atomic E-state index is 13.1. The number of hydrogen-bond donors (Lipinski definition) is 1. The van der Waals surface area contributed by atoms with E-state index in [9.17, 15) is 13.6 Å². The van der Waals surface area contributed by atoms with Gasteiger partial charge in [-0.3, -0.25) is 9.20 Å². The second kappa shape index (κ2) is 6.41. The van der Waals surface area contributed by atoms with Crippen LogP contribution in [0.3, 0.4) is 0 Å². The quantitative estimate of drug-likeness (QED) is 0.708. The predicted molar refractivity (Wildman–Crippen MR) is 83.1 cm³/mol. The Morgan fingerprint density at radius 3 is 2.83 bits per heavy atom. The molecule has 118 valence electrons. The first-order valence-corrected chi connectivity index (χ1v) is 7.81. The van der Waals surface area contributed by atoms with E-state index in [0.717, 1.165) is 17.8 Å². The van der Waals surface area contributed by atoms with Crippen LogP contribution in [-0.2, 0) is 11.9 Å². The Labute approximate surface area is 138 Å². The number of aromatic nitrogens is 3. The highest BCUT2D eigenvalue weighted by Crippen LogP contribution is 2.12. The summed E-state index contributed by atoms with van der Waals surface area (Å²) in [6.45, 7) is 0.0704. The van der Waals surface area contributed by atoms with Gasteiger partial charge in [-0.1, -0.05) is 22.0 Å². The van der Waals surface area contributed by atoms with Crippen molar-refractivity contribution in [1.82, 2.24) is 19.7 Å². The fraction of sp³-hybridized carbons (Fsp3) is 0.133. The lowest BCUT2D eigenvalue weighted by Crippen LogP contribution is -2.24. The monoisotopic (exact) mass is 380 g/mol. The van der Waals surface area contributed by atoms with Gasteiger partial charge < -0.3 is 5.32 Å². The fourth-order valence-corrected chi connectivity index (χ4v) is 2.54. The van der Waals surface area contributed by atoms with E-state index in [1.807, 2.05) is 0 Å². The molecule has 0 aliphatic rings.